The molecule has 2 atom stereocenters. The molecule has 0 radical (unpaired) electrons. The predicted octanol–water partition coefficient (Wildman–Crippen LogP) is 2.17. The van der Waals surface area contributed by atoms with Crippen LogP contribution in [0, 0.1) is 17.1 Å². The van der Waals surface area contributed by atoms with Gasteiger partial charge in [0.05, 0.1) is 6.07 Å². The van der Waals surface area contributed by atoms with Crippen molar-refractivity contribution in [3.05, 3.63) is 59.4 Å². The highest BCUT2D eigenvalue weighted by Gasteiger charge is 2.24. The third kappa shape index (κ3) is 7.09. The molecule has 2 saturated heterocycles. The maximum absolute atomic E-state index is 14.9. The van der Waals surface area contributed by atoms with Crippen LogP contribution in [0.1, 0.15) is 17.5 Å². The smallest absolute Gasteiger partial charge is 0.251 e. The van der Waals surface area contributed by atoms with Gasteiger partial charge in [-0.15, -0.1) is 0 Å². The van der Waals surface area contributed by atoms with E-state index in [0.717, 1.165) is 56.8 Å². The minimum atomic E-state index is -0.830. The molecular formula is C27H34FN5O2. The summed E-state index contributed by atoms with van der Waals surface area (Å²) in [5.41, 5.74) is 3.37. The molecule has 2 heterocycles. The number of amides is 1. The Balaban J connectivity index is 1.35. The number of hydrogen-bond acceptors (Lipinski definition) is 6. The maximum Gasteiger partial charge on any atom is 0.251 e. The van der Waals surface area contributed by atoms with Crippen molar-refractivity contribution < 1.29 is 13.9 Å². The summed E-state index contributed by atoms with van der Waals surface area (Å²) in [4.78, 5) is 17.3. The number of piperazine rings is 1. The number of nitriles is 1. The molecule has 4 rings (SSSR count). The lowest BCUT2D eigenvalue weighted by molar-refractivity contribution is -0.132. The molecule has 186 valence electrons. The van der Waals surface area contributed by atoms with E-state index in [9.17, 15) is 14.4 Å². The fraction of sp³-hybridized carbons (Fsp3) is 0.481. The summed E-state index contributed by atoms with van der Waals surface area (Å²) in [5.74, 6) is -0.731. The van der Waals surface area contributed by atoms with Gasteiger partial charge in [-0.3, -0.25) is 9.69 Å². The SMILES string of the molecule is CN1CCN(Cc2ccc(-c3ccc(C[C@@H](C#N)NC(=O)C4CNCCCO4)c(F)c3)cc2)CC1. The van der Waals surface area contributed by atoms with E-state index in [4.69, 9.17) is 4.74 Å². The highest BCUT2D eigenvalue weighted by molar-refractivity contribution is 5.81. The molecule has 2 N–H and O–H groups in total. The van der Waals surface area contributed by atoms with Gasteiger partial charge in [0.1, 0.15) is 18.0 Å². The van der Waals surface area contributed by atoms with Gasteiger partial charge in [0.25, 0.3) is 5.91 Å². The molecule has 0 spiro atoms. The highest BCUT2D eigenvalue weighted by Crippen LogP contribution is 2.24. The molecule has 7 nitrogen and oxygen atoms in total. The number of ether oxygens (including phenoxy) is 1. The summed E-state index contributed by atoms with van der Waals surface area (Å²) < 4.78 is 20.5. The Morgan fingerprint density at radius 3 is 2.66 bits per heavy atom. The molecule has 0 aliphatic carbocycles. The molecule has 0 bridgehead atoms. The number of rotatable bonds is 7. The first-order chi connectivity index (χ1) is 17.0. The Hall–Kier alpha value is -2.83. The standard InChI is InChI=1S/C27H34FN5O2/c1-32-10-12-33(13-11-32)19-20-3-5-21(6-4-20)22-7-8-23(25(28)16-22)15-24(17-29)31-27(34)26-18-30-9-2-14-35-26/h3-8,16,24,26,30H,2,9-15,18-19H2,1H3,(H,31,34)/t24-,26?/m0/s1. The van der Waals surface area contributed by atoms with Crippen LogP contribution in [-0.4, -0.2) is 80.8 Å². The fourth-order valence-corrected chi connectivity index (χ4v) is 4.46. The van der Waals surface area contributed by atoms with Crippen LogP contribution in [0.25, 0.3) is 11.1 Å². The monoisotopic (exact) mass is 479 g/mol. The van der Waals surface area contributed by atoms with Gasteiger partial charge in [-0.2, -0.15) is 5.26 Å². The summed E-state index contributed by atoms with van der Waals surface area (Å²) >= 11 is 0. The van der Waals surface area contributed by atoms with Crippen molar-refractivity contribution in [2.75, 3.05) is 52.9 Å². The number of hydrogen-bond donors (Lipinski definition) is 2. The first-order valence-electron chi connectivity index (χ1n) is 12.3. The minimum absolute atomic E-state index is 0.0957. The summed E-state index contributed by atoms with van der Waals surface area (Å²) in [6.07, 6.45) is 0.292. The maximum atomic E-state index is 14.9. The molecule has 2 fully saturated rings. The van der Waals surface area contributed by atoms with E-state index in [1.54, 1.807) is 6.07 Å². The van der Waals surface area contributed by atoms with Crippen molar-refractivity contribution in [2.45, 2.75) is 31.5 Å². The second kappa shape index (κ2) is 12.2. The molecule has 2 aliphatic rings. The summed E-state index contributed by atoms with van der Waals surface area (Å²) in [7, 11) is 2.15. The van der Waals surface area contributed by atoms with Gasteiger partial charge >= 0.3 is 0 Å². The van der Waals surface area contributed by atoms with E-state index >= 15 is 0 Å². The van der Waals surface area contributed by atoms with E-state index in [0.29, 0.717) is 18.7 Å². The zero-order chi connectivity index (χ0) is 24.6. The van der Waals surface area contributed by atoms with E-state index in [2.05, 4.69) is 45.7 Å². The normalized spacial score (nSPS) is 20.5. The Kier molecular flexibility index (Phi) is 8.83. The fourth-order valence-electron chi connectivity index (χ4n) is 4.46. The number of carbonyl (C=O) groups is 1. The largest absolute Gasteiger partial charge is 0.367 e. The molecule has 2 aliphatic heterocycles. The lowest BCUT2D eigenvalue weighted by Gasteiger charge is -2.32. The van der Waals surface area contributed by atoms with Crippen molar-refractivity contribution in [2.24, 2.45) is 0 Å². The predicted molar refractivity (Wildman–Crippen MR) is 133 cm³/mol. The van der Waals surface area contributed by atoms with Gasteiger partial charge in [0.2, 0.25) is 0 Å². The van der Waals surface area contributed by atoms with Crippen LogP contribution in [0.15, 0.2) is 42.5 Å². The summed E-state index contributed by atoms with van der Waals surface area (Å²) in [6.45, 7) is 6.93. The molecule has 2 aromatic carbocycles. The Bertz CT molecular complexity index is 1020. The number of nitrogens with zero attached hydrogens (tertiary/aromatic N) is 3. The van der Waals surface area contributed by atoms with Gasteiger partial charge < -0.3 is 20.3 Å². The molecule has 8 heteroatoms. The van der Waals surface area contributed by atoms with Crippen LogP contribution in [0.2, 0.25) is 0 Å². The van der Waals surface area contributed by atoms with Crippen LogP contribution < -0.4 is 10.6 Å². The highest BCUT2D eigenvalue weighted by atomic mass is 19.1. The van der Waals surface area contributed by atoms with Gasteiger partial charge in [-0.05, 0) is 48.3 Å². The van der Waals surface area contributed by atoms with Crippen molar-refractivity contribution in [1.29, 1.82) is 5.26 Å². The zero-order valence-corrected chi connectivity index (χ0v) is 20.3. The number of benzene rings is 2. The van der Waals surface area contributed by atoms with Gasteiger partial charge in [-0.25, -0.2) is 4.39 Å². The first-order valence-corrected chi connectivity index (χ1v) is 12.3. The topological polar surface area (TPSA) is 80.6 Å². The van der Waals surface area contributed by atoms with Crippen molar-refractivity contribution in [3.63, 3.8) is 0 Å². The number of carbonyl (C=O) groups excluding carboxylic acids is 1. The third-order valence-electron chi connectivity index (χ3n) is 6.68. The summed E-state index contributed by atoms with van der Waals surface area (Å²) in [5, 5.41) is 15.4. The molecular weight excluding hydrogens is 445 g/mol. The molecule has 0 saturated carbocycles. The van der Waals surface area contributed by atoms with E-state index in [1.807, 2.05) is 18.2 Å². The van der Waals surface area contributed by atoms with Crippen LogP contribution >= 0.6 is 0 Å². The molecule has 0 aromatic heterocycles. The summed E-state index contributed by atoms with van der Waals surface area (Å²) in [6, 6.07) is 14.6. The van der Waals surface area contributed by atoms with Crippen LogP contribution in [0.4, 0.5) is 4.39 Å². The van der Waals surface area contributed by atoms with Gasteiger partial charge in [0.15, 0.2) is 0 Å². The van der Waals surface area contributed by atoms with Crippen molar-refractivity contribution >= 4 is 5.91 Å². The third-order valence-corrected chi connectivity index (χ3v) is 6.68. The number of likely N-dealkylation sites (N-methyl/N-ethyl adjacent to an activating group) is 1. The Morgan fingerprint density at radius 2 is 1.94 bits per heavy atom. The first kappa shape index (κ1) is 25.3. The molecule has 35 heavy (non-hydrogen) atoms. The van der Waals surface area contributed by atoms with Crippen LogP contribution in [0.3, 0.4) is 0 Å². The number of nitrogens with one attached hydrogen (secondary N) is 2. The van der Waals surface area contributed by atoms with E-state index in [1.165, 1.54) is 11.6 Å². The van der Waals surface area contributed by atoms with Gasteiger partial charge in [-0.1, -0.05) is 36.4 Å². The van der Waals surface area contributed by atoms with E-state index < -0.39 is 12.1 Å². The molecule has 1 unspecified atom stereocenters. The van der Waals surface area contributed by atoms with Gasteiger partial charge in [0, 0.05) is 52.3 Å². The number of halogens is 1. The van der Waals surface area contributed by atoms with Crippen LogP contribution in [0.5, 0.6) is 0 Å². The minimum Gasteiger partial charge on any atom is -0.367 e. The quantitative estimate of drug-likeness (QED) is 0.634. The van der Waals surface area contributed by atoms with Crippen molar-refractivity contribution in [3.8, 4) is 17.2 Å². The Labute approximate surface area is 206 Å². The zero-order valence-electron chi connectivity index (χ0n) is 20.3. The second-order valence-electron chi connectivity index (χ2n) is 9.39. The van der Waals surface area contributed by atoms with Crippen molar-refractivity contribution in [1.82, 2.24) is 20.4 Å². The lowest BCUT2D eigenvalue weighted by Crippen LogP contribution is -2.46. The molecule has 1 amide bonds. The van der Waals surface area contributed by atoms with Crippen LogP contribution in [-0.2, 0) is 22.5 Å². The Morgan fingerprint density at radius 1 is 1.20 bits per heavy atom. The molecule has 2 aromatic rings. The van der Waals surface area contributed by atoms with E-state index in [-0.39, 0.29) is 18.1 Å². The average Bonchev–Trinajstić information content (AvgIpc) is 3.16. The second-order valence-corrected chi connectivity index (χ2v) is 9.39. The average molecular weight is 480 g/mol. The lowest BCUT2D eigenvalue weighted by atomic mass is 9.99.